The van der Waals surface area contributed by atoms with E-state index in [-0.39, 0.29) is 11.9 Å². The summed E-state index contributed by atoms with van der Waals surface area (Å²) in [6.45, 7) is 1.86. The van der Waals surface area contributed by atoms with Crippen molar-refractivity contribution in [1.29, 1.82) is 0 Å². The molecular formula is C18H25N7O. The van der Waals surface area contributed by atoms with Gasteiger partial charge in [-0.3, -0.25) is 9.69 Å². The van der Waals surface area contributed by atoms with E-state index in [0.29, 0.717) is 19.0 Å². The molecule has 1 saturated carbocycles. The van der Waals surface area contributed by atoms with E-state index in [2.05, 4.69) is 15.3 Å². The Morgan fingerprint density at radius 2 is 1.73 bits per heavy atom. The molecule has 1 aromatic carbocycles. The molecule has 0 bridgehead atoms. The van der Waals surface area contributed by atoms with Gasteiger partial charge in [0.15, 0.2) is 0 Å². The number of carbonyl (C=O) groups is 1. The first-order chi connectivity index (χ1) is 12.6. The molecule has 0 aromatic heterocycles. The number of rotatable bonds is 2. The Morgan fingerprint density at radius 1 is 1.04 bits per heavy atom. The maximum absolute atomic E-state index is 12.1. The number of hydrogen-bond acceptors (Lipinski definition) is 7. The van der Waals surface area contributed by atoms with E-state index in [1.165, 1.54) is 6.42 Å². The number of aliphatic imine (C=N–C) groups is 2. The zero-order chi connectivity index (χ0) is 18.1. The molecule has 0 radical (unpaired) electrons. The van der Waals surface area contributed by atoms with Crippen LogP contribution < -0.4 is 26.6 Å². The highest BCUT2D eigenvalue weighted by Crippen LogP contribution is 2.39. The van der Waals surface area contributed by atoms with E-state index >= 15 is 0 Å². The van der Waals surface area contributed by atoms with E-state index in [9.17, 15) is 4.79 Å². The number of nitrogens with one attached hydrogen (secondary N) is 1. The zero-order valence-electron chi connectivity index (χ0n) is 14.8. The van der Waals surface area contributed by atoms with Crippen molar-refractivity contribution < 1.29 is 4.79 Å². The van der Waals surface area contributed by atoms with Crippen molar-refractivity contribution >= 4 is 29.2 Å². The van der Waals surface area contributed by atoms with Gasteiger partial charge in [-0.15, -0.1) is 0 Å². The normalized spacial score (nSPS) is 23.0. The molecule has 2 fully saturated rings. The summed E-state index contributed by atoms with van der Waals surface area (Å²) < 4.78 is 0. The molecule has 0 atom stereocenters. The summed E-state index contributed by atoms with van der Waals surface area (Å²) in [7, 11) is 0. The van der Waals surface area contributed by atoms with Crippen LogP contribution in [0.1, 0.15) is 32.1 Å². The maximum atomic E-state index is 12.1. The van der Waals surface area contributed by atoms with Gasteiger partial charge in [-0.2, -0.15) is 4.99 Å². The van der Waals surface area contributed by atoms with Crippen molar-refractivity contribution in [3.8, 4) is 0 Å². The van der Waals surface area contributed by atoms with Crippen molar-refractivity contribution in [3.63, 3.8) is 0 Å². The molecule has 1 amide bonds. The van der Waals surface area contributed by atoms with E-state index in [4.69, 9.17) is 11.5 Å². The van der Waals surface area contributed by atoms with Gasteiger partial charge >= 0.3 is 0 Å². The largest absolute Gasteiger partial charge is 0.369 e. The number of guanidine groups is 2. The summed E-state index contributed by atoms with van der Waals surface area (Å²) >= 11 is 0. The van der Waals surface area contributed by atoms with Crippen molar-refractivity contribution in [2.24, 2.45) is 21.5 Å². The van der Waals surface area contributed by atoms with Crippen LogP contribution in [0.2, 0.25) is 0 Å². The Kier molecular flexibility index (Phi) is 4.28. The Hall–Kier alpha value is -2.61. The summed E-state index contributed by atoms with van der Waals surface area (Å²) in [6.07, 6.45) is 5.19. The molecule has 1 spiro atoms. The monoisotopic (exact) mass is 355 g/mol. The van der Waals surface area contributed by atoms with E-state index in [0.717, 1.165) is 43.6 Å². The molecule has 1 aromatic rings. The second-order valence-corrected chi connectivity index (χ2v) is 7.06. The van der Waals surface area contributed by atoms with Crippen LogP contribution >= 0.6 is 0 Å². The number of piperazine rings is 1. The summed E-state index contributed by atoms with van der Waals surface area (Å²) in [6, 6.07) is 7.90. The molecule has 8 nitrogen and oxygen atoms in total. The standard InChI is InChI=1S/C18H25N7O/c19-16-22-17(20)25(18(23-16)8-2-1-3-9-18)14-6-4-13(5-7-14)24-11-10-21-12-15(24)26/h4-7,21H,1-3,8-12H2,(H4,19,20,22,23). The lowest BCUT2D eigenvalue weighted by molar-refractivity contribution is -0.118. The highest BCUT2D eigenvalue weighted by Gasteiger charge is 2.42. The summed E-state index contributed by atoms with van der Waals surface area (Å²) in [5, 5.41) is 3.09. The topological polar surface area (TPSA) is 112 Å². The maximum Gasteiger partial charge on any atom is 0.240 e. The number of anilines is 2. The van der Waals surface area contributed by atoms with Gasteiger partial charge < -0.3 is 21.7 Å². The first kappa shape index (κ1) is 16.8. The molecule has 1 saturated heterocycles. The third kappa shape index (κ3) is 2.90. The van der Waals surface area contributed by atoms with Crippen LogP contribution in [0, 0.1) is 0 Å². The van der Waals surface area contributed by atoms with Crippen molar-refractivity contribution in [1.82, 2.24) is 5.32 Å². The number of carbonyl (C=O) groups excluding carboxylic acids is 1. The minimum Gasteiger partial charge on any atom is -0.369 e. The molecule has 3 aliphatic rings. The predicted molar refractivity (Wildman–Crippen MR) is 103 cm³/mol. The summed E-state index contributed by atoms with van der Waals surface area (Å²) in [5.41, 5.74) is 13.5. The van der Waals surface area contributed by atoms with Crippen LogP contribution in [-0.2, 0) is 4.79 Å². The molecule has 2 heterocycles. The van der Waals surface area contributed by atoms with Gasteiger partial charge in [0.1, 0.15) is 5.66 Å². The fourth-order valence-corrected chi connectivity index (χ4v) is 4.16. The van der Waals surface area contributed by atoms with E-state index in [1.807, 2.05) is 29.2 Å². The van der Waals surface area contributed by atoms with E-state index < -0.39 is 5.66 Å². The first-order valence-corrected chi connectivity index (χ1v) is 9.20. The highest BCUT2D eigenvalue weighted by molar-refractivity contribution is 6.05. The predicted octanol–water partition coefficient (Wildman–Crippen LogP) is 0.733. The number of nitrogens with two attached hydrogens (primary N) is 2. The average Bonchev–Trinajstić information content (AvgIpc) is 2.63. The van der Waals surface area contributed by atoms with Gasteiger partial charge in [-0.25, -0.2) is 4.99 Å². The molecule has 138 valence electrons. The van der Waals surface area contributed by atoms with Crippen molar-refractivity contribution in [2.75, 3.05) is 29.4 Å². The lowest BCUT2D eigenvalue weighted by Crippen LogP contribution is -2.58. The zero-order valence-corrected chi connectivity index (χ0v) is 14.8. The van der Waals surface area contributed by atoms with Gasteiger partial charge in [0, 0.05) is 24.5 Å². The quantitative estimate of drug-likeness (QED) is 0.724. The Balaban J connectivity index is 1.65. The average molecular weight is 355 g/mol. The number of nitrogens with zero attached hydrogens (tertiary/aromatic N) is 4. The molecule has 0 unspecified atom stereocenters. The van der Waals surface area contributed by atoms with E-state index in [1.54, 1.807) is 4.90 Å². The van der Waals surface area contributed by atoms with Crippen LogP contribution in [0.5, 0.6) is 0 Å². The Bertz CT molecular complexity index is 749. The molecule has 2 aliphatic heterocycles. The summed E-state index contributed by atoms with van der Waals surface area (Å²) in [5.74, 6) is 0.721. The van der Waals surface area contributed by atoms with Crippen LogP contribution in [0.3, 0.4) is 0 Å². The third-order valence-corrected chi connectivity index (χ3v) is 5.36. The third-order valence-electron chi connectivity index (χ3n) is 5.36. The Morgan fingerprint density at radius 3 is 2.42 bits per heavy atom. The number of benzene rings is 1. The molecule has 4 rings (SSSR count). The van der Waals surface area contributed by atoms with Gasteiger partial charge in [-0.05, 0) is 49.9 Å². The summed E-state index contributed by atoms with van der Waals surface area (Å²) in [4.78, 5) is 24.8. The van der Waals surface area contributed by atoms with Crippen LogP contribution in [-0.4, -0.2) is 43.1 Å². The smallest absolute Gasteiger partial charge is 0.240 e. The minimum absolute atomic E-state index is 0.0872. The lowest BCUT2D eigenvalue weighted by Gasteiger charge is -2.45. The first-order valence-electron chi connectivity index (χ1n) is 9.20. The molecular weight excluding hydrogens is 330 g/mol. The van der Waals surface area contributed by atoms with Gasteiger partial charge in [0.25, 0.3) is 0 Å². The Labute approximate surface area is 152 Å². The highest BCUT2D eigenvalue weighted by atomic mass is 16.2. The second kappa shape index (κ2) is 6.60. The van der Waals surface area contributed by atoms with Gasteiger partial charge in [0.2, 0.25) is 17.8 Å². The molecule has 5 N–H and O–H groups in total. The molecule has 8 heteroatoms. The fourth-order valence-electron chi connectivity index (χ4n) is 4.16. The fraction of sp³-hybridized carbons (Fsp3) is 0.500. The van der Waals surface area contributed by atoms with Gasteiger partial charge in [-0.1, -0.05) is 6.42 Å². The van der Waals surface area contributed by atoms with Crippen LogP contribution in [0.15, 0.2) is 34.3 Å². The van der Waals surface area contributed by atoms with Crippen LogP contribution in [0.4, 0.5) is 11.4 Å². The number of hydrogen-bond donors (Lipinski definition) is 3. The second-order valence-electron chi connectivity index (χ2n) is 7.06. The lowest BCUT2D eigenvalue weighted by atomic mass is 9.87. The number of amides is 1. The van der Waals surface area contributed by atoms with Crippen LogP contribution in [0.25, 0.3) is 0 Å². The SMILES string of the molecule is NC1=NC2(CCCCC2)N(c2ccc(N3CCNCC3=O)cc2)C(N)=N1. The molecule has 26 heavy (non-hydrogen) atoms. The molecule has 1 aliphatic carbocycles. The van der Waals surface area contributed by atoms with Crippen molar-refractivity contribution in [2.45, 2.75) is 37.8 Å². The minimum atomic E-state index is -0.444. The van der Waals surface area contributed by atoms with Gasteiger partial charge in [0.05, 0.1) is 6.54 Å². The van der Waals surface area contributed by atoms with Crippen molar-refractivity contribution in [3.05, 3.63) is 24.3 Å².